The minimum atomic E-state index is 0.653. The first-order chi connectivity index (χ1) is 8.47. The number of ether oxygens (including phenoxy) is 1. The van der Waals surface area contributed by atoms with Crippen LogP contribution in [0.4, 0.5) is 5.69 Å². The number of nitrogens with two attached hydrogens (primary N) is 1. The van der Waals surface area contributed by atoms with Crippen molar-refractivity contribution in [3.8, 4) is 11.5 Å². The highest BCUT2D eigenvalue weighted by Crippen LogP contribution is 2.32. The summed E-state index contributed by atoms with van der Waals surface area (Å²) in [6.07, 6.45) is 0. The molecule has 0 amide bonds. The SMILES string of the molecule is Cc1cc(Oc2ccc(I)cc2N)cc(C)c1Br. The van der Waals surface area contributed by atoms with Gasteiger partial charge in [0, 0.05) is 8.04 Å². The summed E-state index contributed by atoms with van der Waals surface area (Å²) in [6.45, 7) is 4.09. The van der Waals surface area contributed by atoms with Gasteiger partial charge in [-0.25, -0.2) is 0 Å². The van der Waals surface area contributed by atoms with Crippen molar-refractivity contribution in [2.24, 2.45) is 0 Å². The molecule has 0 heterocycles. The number of nitrogen functional groups attached to an aromatic ring is 1. The van der Waals surface area contributed by atoms with Crippen LogP contribution in [-0.4, -0.2) is 0 Å². The molecule has 4 heteroatoms. The summed E-state index contributed by atoms with van der Waals surface area (Å²) >= 11 is 5.77. The predicted molar refractivity (Wildman–Crippen MR) is 87.3 cm³/mol. The van der Waals surface area contributed by atoms with E-state index in [0.717, 1.165) is 24.9 Å². The molecule has 2 aromatic carbocycles. The van der Waals surface area contributed by atoms with Crippen LogP contribution in [0.3, 0.4) is 0 Å². The smallest absolute Gasteiger partial charge is 0.150 e. The Hall–Kier alpha value is -0.750. The van der Waals surface area contributed by atoms with E-state index >= 15 is 0 Å². The van der Waals surface area contributed by atoms with Crippen molar-refractivity contribution in [2.45, 2.75) is 13.8 Å². The van der Waals surface area contributed by atoms with Gasteiger partial charge >= 0.3 is 0 Å². The molecule has 2 nitrogen and oxygen atoms in total. The van der Waals surface area contributed by atoms with E-state index in [2.05, 4.69) is 38.5 Å². The summed E-state index contributed by atoms with van der Waals surface area (Å²) < 4.78 is 8.05. The molecule has 0 spiro atoms. The Balaban J connectivity index is 2.34. The van der Waals surface area contributed by atoms with Crippen molar-refractivity contribution in [3.63, 3.8) is 0 Å². The van der Waals surface area contributed by atoms with E-state index in [1.807, 2.05) is 44.2 Å². The molecule has 0 saturated carbocycles. The highest BCUT2D eigenvalue weighted by Gasteiger charge is 2.06. The molecule has 0 aromatic heterocycles. The summed E-state index contributed by atoms with van der Waals surface area (Å²) in [7, 11) is 0. The van der Waals surface area contributed by atoms with Crippen LogP contribution in [0.25, 0.3) is 0 Å². The van der Waals surface area contributed by atoms with Crippen molar-refractivity contribution in [1.29, 1.82) is 0 Å². The fourth-order valence-electron chi connectivity index (χ4n) is 1.70. The Morgan fingerprint density at radius 1 is 1.11 bits per heavy atom. The maximum atomic E-state index is 5.94. The first kappa shape index (κ1) is 13.7. The van der Waals surface area contributed by atoms with Crippen LogP contribution in [-0.2, 0) is 0 Å². The van der Waals surface area contributed by atoms with Gasteiger partial charge in [0.2, 0.25) is 0 Å². The molecule has 0 aliphatic rings. The second-order valence-electron chi connectivity index (χ2n) is 4.16. The van der Waals surface area contributed by atoms with E-state index in [9.17, 15) is 0 Å². The monoisotopic (exact) mass is 417 g/mol. The quantitative estimate of drug-likeness (QED) is 0.548. The van der Waals surface area contributed by atoms with Crippen molar-refractivity contribution in [3.05, 3.63) is 49.5 Å². The largest absolute Gasteiger partial charge is 0.455 e. The van der Waals surface area contributed by atoms with Gasteiger partial charge in [-0.15, -0.1) is 0 Å². The molecule has 0 aliphatic carbocycles. The summed E-state index contributed by atoms with van der Waals surface area (Å²) in [5, 5.41) is 0. The zero-order valence-electron chi connectivity index (χ0n) is 10.1. The lowest BCUT2D eigenvalue weighted by atomic mass is 10.1. The second kappa shape index (κ2) is 5.48. The van der Waals surface area contributed by atoms with E-state index in [1.54, 1.807) is 0 Å². The molecule has 0 saturated heterocycles. The van der Waals surface area contributed by atoms with Crippen LogP contribution in [0.1, 0.15) is 11.1 Å². The molecular formula is C14H13BrINO. The first-order valence-electron chi connectivity index (χ1n) is 5.47. The molecule has 94 valence electrons. The first-order valence-corrected chi connectivity index (χ1v) is 7.34. The lowest BCUT2D eigenvalue weighted by Crippen LogP contribution is -1.94. The van der Waals surface area contributed by atoms with Crippen LogP contribution >= 0.6 is 38.5 Å². The van der Waals surface area contributed by atoms with Crippen molar-refractivity contribution >= 4 is 44.2 Å². The molecular weight excluding hydrogens is 405 g/mol. The van der Waals surface area contributed by atoms with E-state index in [4.69, 9.17) is 10.5 Å². The van der Waals surface area contributed by atoms with Crippen LogP contribution in [0.2, 0.25) is 0 Å². The molecule has 0 bridgehead atoms. The highest BCUT2D eigenvalue weighted by atomic mass is 127. The topological polar surface area (TPSA) is 35.2 Å². The number of hydrogen-bond acceptors (Lipinski definition) is 2. The lowest BCUT2D eigenvalue weighted by Gasteiger charge is -2.11. The number of hydrogen-bond donors (Lipinski definition) is 1. The third-order valence-corrected chi connectivity index (χ3v) is 4.53. The molecule has 2 aromatic rings. The van der Waals surface area contributed by atoms with Gasteiger partial charge in [0.1, 0.15) is 11.5 Å². The molecule has 18 heavy (non-hydrogen) atoms. The normalized spacial score (nSPS) is 10.4. The van der Waals surface area contributed by atoms with E-state index < -0.39 is 0 Å². The molecule has 0 radical (unpaired) electrons. The minimum Gasteiger partial charge on any atom is -0.455 e. The average molecular weight is 418 g/mol. The maximum absolute atomic E-state index is 5.94. The average Bonchev–Trinajstić information content (AvgIpc) is 2.29. The Labute approximate surface area is 129 Å². The summed E-state index contributed by atoms with van der Waals surface area (Å²) in [4.78, 5) is 0. The Kier molecular flexibility index (Phi) is 4.17. The third-order valence-electron chi connectivity index (χ3n) is 2.61. The van der Waals surface area contributed by atoms with Gasteiger partial charge < -0.3 is 10.5 Å². The second-order valence-corrected chi connectivity index (χ2v) is 6.19. The summed E-state index contributed by atoms with van der Waals surface area (Å²) in [5.41, 5.74) is 8.88. The minimum absolute atomic E-state index is 0.653. The van der Waals surface area contributed by atoms with Gasteiger partial charge in [-0.2, -0.15) is 0 Å². The number of anilines is 1. The molecule has 0 atom stereocenters. The zero-order chi connectivity index (χ0) is 13.3. The van der Waals surface area contributed by atoms with Crippen LogP contribution in [0.5, 0.6) is 11.5 Å². The fourth-order valence-corrected chi connectivity index (χ4v) is 2.45. The van der Waals surface area contributed by atoms with E-state index in [0.29, 0.717) is 11.4 Å². The van der Waals surface area contributed by atoms with Crippen molar-refractivity contribution in [1.82, 2.24) is 0 Å². The van der Waals surface area contributed by atoms with Gasteiger partial charge in [0.15, 0.2) is 0 Å². The zero-order valence-corrected chi connectivity index (χ0v) is 13.9. The van der Waals surface area contributed by atoms with Gasteiger partial charge in [-0.05, 0) is 77.9 Å². The lowest BCUT2D eigenvalue weighted by molar-refractivity contribution is 0.484. The summed E-state index contributed by atoms with van der Waals surface area (Å²) in [6, 6.07) is 9.76. The van der Waals surface area contributed by atoms with Crippen LogP contribution < -0.4 is 10.5 Å². The number of rotatable bonds is 2. The van der Waals surface area contributed by atoms with Gasteiger partial charge in [-0.3, -0.25) is 0 Å². The van der Waals surface area contributed by atoms with Crippen molar-refractivity contribution in [2.75, 3.05) is 5.73 Å². The standard InChI is InChI=1S/C14H13BrINO/c1-8-5-11(6-9(2)14(8)15)18-13-4-3-10(16)7-12(13)17/h3-7H,17H2,1-2H3. The van der Waals surface area contributed by atoms with Crippen LogP contribution in [0.15, 0.2) is 34.8 Å². The van der Waals surface area contributed by atoms with Gasteiger partial charge in [-0.1, -0.05) is 15.9 Å². The van der Waals surface area contributed by atoms with Gasteiger partial charge in [0.25, 0.3) is 0 Å². The third kappa shape index (κ3) is 2.98. The number of aryl methyl sites for hydroxylation is 2. The van der Waals surface area contributed by atoms with Gasteiger partial charge in [0.05, 0.1) is 5.69 Å². The fraction of sp³-hybridized carbons (Fsp3) is 0.143. The number of halogens is 2. The predicted octanol–water partition coefficient (Wildman–Crippen LogP) is 5.05. The molecule has 0 unspecified atom stereocenters. The van der Waals surface area contributed by atoms with E-state index in [-0.39, 0.29) is 0 Å². The molecule has 2 N–H and O–H groups in total. The maximum Gasteiger partial charge on any atom is 0.150 e. The van der Waals surface area contributed by atoms with Crippen molar-refractivity contribution < 1.29 is 4.74 Å². The Morgan fingerprint density at radius 3 is 2.28 bits per heavy atom. The highest BCUT2D eigenvalue weighted by molar-refractivity contribution is 14.1. The Bertz CT molecular complexity index is 575. The molecule has 0 fully saturated rings. The molecule has 2 rings (SSSR count). The number of benzene rings is 2. The summed E-state index contributed by atoms with van der Waals surface area (Å²) in [5.74, 6) is 1.50. The van der Waals surface area contributed by atoms with Crippen LogP contribution in [0, 0.1) is 17.4 Å². The Morgan fingerprint density at radius 2 is 1.72 bits per heavy atom. The van der Waals surface area contributed by atoms with E-state index in [1.165, 1.54) is 0 Å². The molecule has 0 aliphatic heterocycles.